The molecule has 0 amide bonds. The highest BCUT2D eigenvalue weighted by Gasteiger charge is 2.03. The van der Waals surface area contributed by atoms with Gasteiger partial charge in [-0.1, -0.05) is 23.7 Å². The lowest BCUT2D eigenvalue weighted by molar-refractivity contribution is -0.131. The van der Waals surface area contributed by atoms with Gasteiger partial charge in [-0.25, -0.2) is 0 Å². The second-order valence-electron chi connectivity index (χ2n) is 2.93. The zero-order chi connectivity index (χ0) is 12.1. The minimum Gasteiger partial charge on any atom is -0.427 e. The fourth-order valence-corrected chi connectivity index (χ4v) is 1.22. The molecule has 0 N–H and O–H groups in total. The summed E-state index contributed by atoms with van der Waals surface area (Å²) < 4.78 is 4.87. The van der Waals surface area contributed by atoms with Gasteiger partial charge < -0.3 is 4.74 Å². The first-order valence-electron chi connectivity index (χ1n) is 4.34. The van der Waals surface area contributed by atoms with Crippen LogP contribution in [0.5, 0.6) is 5.75 Å². The largest absolute Gasteiger partial charge is 0.427 e. The molecule has 3 nitrogen and oxygen atoms in total. The van der Waals surface area contributed by atoms with Crippen LogP contribution in [0.1, 0.15) is 12.5 Å². The van der Waals surface area contributed by atoms with Crippen LogP contribution >= 0.6 is 23.2 Å². The molecular formula is C11H8Cl2O3. The van der Waals surface area contributed by atoms with Crippen molar-refractivity contribution in [3.63, 3.8) is 0 Å². The van der Waals surface area contributed by atoms with Crippen LogP contribution in [-0.2, 0) is 9.59 Å². The molecule has 1 aromatic rings. The van der Waals surface area contributed by atoms with Gasteiger partial charge in [-0.2, -0.15) is 0 Å². The smallest absolute Gasteiger partial charge is 0.308 e. The summed E-state index contributed by atoms with van der Waals surface area (Å²) in [5.74, 6) is -0.0339. The summed E-state index contributed by atoms with van der Waals surface area (Å²) in [6.45, 7) is 1.30. The Labute approximate surface area is 103 Å². The van der Waals surface area contributed by atoms with Crippen molar-refractivity contribution in [3.8, 4) is 5.75 Å². The highest BCUT2D eigenvalue weighted by Crippen LogP contribution is 2.18. The van der Waals surface area contributed by atoms with E-state index in [0.717, 1.165) is 0 Å². The van der Waals surface area contributed by atoms with Gasteiger partial charge in [0.15, 0.2) is 0 Å². The van der Waals surface area contributed by atoms with Crippen molar-refractivity contribution in [3.05, 3.63) is 34.9 Å². The molecule has 0 radical (unpaired) electrons. The molecule has 0 aliphatic rings. The number of halogens is 2. The summed E-state index contributed by atoms with van der Waals surface area (Å²) in [6.07, 6.45) is 1.39. The van der Waals surface area contributed by atoms with Crippen molar-refractivity contribution >= 4 is 40.5 Å². The molecule has 1 rings (SSSR count). The van der Waals surface area contributed by atoms with E-state index in [2.05, 4.69) is 0 Å². The number of carbonyl (C=O) groups excluding carboxylic acids is 2. The lowest BCUT2D eigenvalue weighted by atomic mass is 10.2. The van der Waals surface area contributed by atoms with Crippen LogP contribution < -0.4 is 4.74 Å². The minimum atomic E-state index is -0.737. The van der Waals surface area contributed by atoms with Crippen molar-refractivity contribution < 1.29 is 14.3 Å². The van der Waals surface area contributed by atoms with Gasteiger partial charge in [0.1, 0.15) is 10.8 Å². The summed E-state index contributed by atoms with van der Waals surface area (Å²) in [5.41, 5.74) is 0.623. The highest BCUT2D eigenvalue weighted by atomic mass is 35.5. The Morgan fingerprint density at radius 3 is 2.56 bits per heavy atom. The van der Waals surface area contributed by atoms with Crippen molar-refractivity contribution in [2.75, 3.05) is 0 Å². The van der Waals surface area contributed by atoms with Gasteiger partial charge in [-0.15, -0.1) is 0 Å². The van der Waals surface area contributed by atoms with E-state index in [9.17, 15) is 9.59 Å². The summed E-state index contributed by atoms with van der Waals surface area (Å²) in [6, 6.07) is 6.57. The van der Waals surface area contributed by atoms with Gasteiger partial charge in [-0.05, 0) is 35.4 Å². The average Bonchev–Trinajstić information content (AvgIpc) is 2.16. The maximum absolute atomic E-state index is 10.7. The van der Waals surface area contributed by atoms with Gasteiger partial charge in [-0.3, -0.25) is 9.59 Å². The summed E-state index contributed by atoms with van der Waals surface area (Å²) in [5, 5.41) is -0.832. The van der Waals surface area contributed by atoms with Gasteiger partial charge in [0, 0.05) is 6.92 Å². The van der Waals surface area contributed by atoms with Crippen molar-refractivity contribution in [1.29, 1.82) is 0 Å². The third-order valence-corrected chi connectivity index (χ3v) is 2.18. The Bertz CT molecular complexity index is 452. The SMILES string of the molecule is CC(=O)Oc1cccc(C=C(Cl)C(=O)Cl)c1. The van der Waals surface area contributed by atoms with E-state index in [0.29, 0.717) is 11.3 Å². The quantitative estimate of drug-likeness (QED) is 0.363. The van der Waals surface area contributed by atoms with Crippen molar-refractivity contribution in [2.45, 2.75) is 6.92 Å². The summed E-state index contributed by atoms with van der Waals surface area (Å²) in [7, 11) is 0. The molecule has 5 heteroatoms. The second kappa shape index (κ2) is 5.68. The Morgan fingerprint density at radius 2 is 2.00 bits per heavy atom. The van der Waals surface area contributed by atoms with Crippen LogP contribution in [0.25, 0.3) is 6.08 Å². The van der Waals surface area contributed by atoms with E-state index < -0.39 is 11.2 Å². The second-order valence-corrected chi connectivity index (χ2v) is 3.68. The minimum absolute atomic E-state index is 0.0957. The molecule has 84 valence electrons. The first kappa shape index (κ1) is 12.7. The third kappa shape index (κ3) is 4.04. The predicted octanol–water partition coefficient (Wildman–Crippen LogP) is 2.96. The molecule has 0 saturated carbocycles. The van der Waals surface area contributed by atoms with Crippen molar-refractivity contribution in [2.24, 2.45) is 0 Å². The zero-order valence-electron chi connectivity index (χ0n) is 8.37. The Balaban J connectivity index is 2.94. The predicted molar refractivity (Wildman–Crippen MR) is 62.4 cm³/mol. The van der Waals surface area contributed by atoms with Crippen LogP contribution in [0.2, 0.25) is 0 Å². The van der Waals surface area contributed by atoms with E-state index in [1.165, 1.54) is 13.0 Å². The van der Waals surface area contributed by atoms with Gasteiger partial charge in [0.2, 0.25) is 0 Å². The Kier molecular flexibility index (Phi) is 4.52. The van der Waals surface area contributed by atoms with Crippen LogP contribution in [0.15, 0.2) is 29.3 Å². The number of ether oxygens (including phenoxy) is 1. The van der Waals surface area contributed by atoms with Gasteiger partial charge >= 0.3 is 5.97 Å². The molecule has 1 aromatic carbocycles. The fourth-order valence-electron chi connectivity index (χ4n) is 1.04. The normalized spacial score (nSPS) is 11.1. The number of allylic oxidation sites excluding steroid dienone is 1. The van der Waals surface area contributed by atoms with Crippen LogP contribution in [0.4, 0.5) is 0 Å². The van der Waals surface area contributed by atoms with E-state index in [4.69, 9.17) is 27.9 Å². The lowest BCUT2D eigenvalue weighted by Crippen LogP contribution is -2.01. The maximum Gasteiger partial charge on any atom is 0.308 e. The average molecular weight is 259 g/mol. The number of hydrogen-bond acceptors (Lipinski definition) is 3. The van der Waals surface area contributed by atoms with E-state index >= 15 is 0 Å². The van der Waals surface area contributed by atoms with Crippen molar-refractivity contribution in [1.82, 2.24) is 0 Å². The van der Waals surface area contributed by atoms with Crippen LogP contribution in [0, 0.1) is 0 Å². The van der Waals surface area contributed by atoms with E-state index in [1.807, 2.05) is 0 Å². The first-order chi connectivity index (χ1) is 7.49. The van der Waals surface area contributed by atoms with Crippen LogP contribution in [-0.4, -0.2) is 11.2 Å². The number of carbonyl (C=O) groups is 2. The number of rotatable bonds is 3. The lowest BCUT2D eigenvalue weighted by Gasteiger charge is -2.01. The molecule has 0 heterocycles. The number of esters is 1. The fraction of sp³-hybridized carbons (Fsp3) is 0.0909. The molecule has 0 aliphatic heterocycles. The maximum atomic E-state index is 10.7. The standard InChI is InChI=1S/C11H8Cl2O3/c1-7(14)16-9-4-2-3-8(5-9)6-10(12)11(13)15/h2-6H,1H3. The van der Waals surface area contributed by atoms with Gasteiger partial charge in [0.25, 0.3) is 5.24 Å². The topological polar surface area (TPSA) is 43.4 Å². The van der Waals surface area contributed by atoms with Gasteiger partial charge in [0.05, 0.1) is 0 Å². The molecule has 0 spiro atoms. The molecule has 0 bridgehead atoms. The highest BCUT2D eigenvalue weighted by molar-refractivity contribution is 6.74. The number of benzene rings is 1. The zero-order valence-corrected chi connectivity index (χ0v) is 9.88. The molecule has 0 saturated heterocycles. The first-order valence-corrected chi connectivity index (χ1v) is 5.10. The summed E-state index contributed by atoms with van der Waals surface area (Å²) >= 11 is 10.8. The molecule has 16 heavy (non-hydrogen) atoms. The van der Waals surface area contributed by atoms with E-state index in [1.54, 1.807) is 24.3 Å². The Hall–Kier alpha value is -1.32. The molecule has 0 fully saturated rings. The molecule has 0 atom stereocenters. The molecule has 0 aliphatic carbocycles. The Morgan fingerprint density at radius 1 is 1.31 bits per heavy atom. The monoisotopic (exact) mass is 258 g/mol. The van der Waals surface area contributed by atoms with Crippen LogP contribution in [0.3, 0.4) is 0 Å². The number of hydrogen-bond donors (Lipinski definition) is 0. The summed E-state index contributed by atoms with van der Waals surface area (Å²) in [4.78, 5) is 21.4. The molecule has 0 unspecified atom stereocenters. The third-order valence-electron chi connectivity index (χ3n) is 1.60. The molecular weight excluding hydrogens is 251 g/mol. The molecule has 0 aromatic heterocycles. The van der Waals surface area contributed by atoms with E-state index in [-0.39, 0.29) is 5.03 Å².